The van der Waals surface area contributed by atoms with E-state index in [1.54, 1.807) is 6.92 Å². The van der Waals surface area contributed by atoms with E-state index in [-0.39, 0.29) is 13.2 Å². The van der Waals surface area contributed by atoms with Gasteiger partial charge in [0, 0.05) is 13.8 Å². The van der Waals surface area contributed by atoms with Crippen LogP contribution in [0.3, 0.4) is 0 Å². The lowest BCUT2D eigenvalue weighted by molar-refractivity contribution is -0.167. The highest BCUT2D eigenvalue weighted by Crippen LogP contribution is 2.31. The van der Waals surface area contributed by atoms with Gasteiger partial charge in [-0.05, 0) is 6.92 Å². The molecule has 0 aromatic heterocycles. The Bertz CT molecular complexity index is 466. The lowest BCUT2D eigenvalue weighted by atomic mass is 9.97. The molecule has 1 saturated heterocycles. The molecule has 0 aromatic rings. The summed E-state index contributed by atoms with van der Waals surface area (Å²) in [6.07, 6.45) is -1.68. The summed E-state index contributed by atoms with van der Waals surface area (Å²) in [5.41, 5.74) is -1.13. The first-order valence-corrected chi connectivity index (χ1v) is 7.42. The lowest BCUT2D eigenvalue weighted by Gasteiger charge is -2.31. The van der Waals surface area contributed by atoms with E-state index < -0.39 is 39.4 Å². The number of rotatable bonds is 4. The Labute approximate surface area is 142 Å². The zero-order valence-corrected chi connectivity index (χ0v) is 14.4. The minimum Gasteiger partial charge on any atom is -0.456 e. The van der Waals surface area contributed by atoms with Gasteiger partial charge in [0.05, 0.1) is 13.2 Å². The molecular weight excluding hydrogens is 360 g/mol. The van der Waals surface area contributed by atoms with Gasteiger partial charge < -0.3 is 19.5 Å². The normalized spacial score (nSPS) is 28.1. The SMILES string of the molecule is CC(=O)O[C@H]1CO[C@@](C)(CNC(=O)C(Cl)(Cl)Cl)[C@H]1OC(C)=O. The maximum Gasteiger partial charge on any atom is 0.303 e. The summed E-state index contributed by atoms with van der Waals surface area (Å²) in [7, 11) is 0. The third kappa shape index (κ3) is 5.15. The molecule has 1 heterocycles. The van der Waals surface area contributed by atoms with Crippen molar-refractivity contribution < 1.29 is 28.6 Å². The highest BCUT2D eigenvalue weighted by Gasteiger charge is 2.51. The molecule has 7 nitrogen and oxygen atoms in total. The van der Waals surface area contributed by atoms with Crippen molar-refractivity contribution in [3.63, 3.8) is 0 Å². The number of carbonyl (C=O) groups is 3. The van der Waals surface area contributed by atoms with E-state index in [2.05, 4.69) is 5.32 Å². The van der Waals surface area contributed by atoms with Crippen molar-refractivity contribution in [2.75, 3.05) is 13.2 Å². The highest BCUT2D eigenvalue weighted by molar-refractivity contribution is 6.76. The number of nitrogens with one attached hydrogen (secondary N) is 1. The second-order valence-electron chi connectivity index (χ2n) is 4.98. The Morgan fingerprint density at radius 2 is 1.77 bits per heavy atom. The molecule has 0 aliphatic carbocycles. The fraction of sp³-hybridized carbons (Fsp3) is 0.750. The fourth-order valence-corrected chi connectivity index (χ4v) is 2.23. The predicted molar refractivity (Wildman–Crippen MR) is 78.8 cm³/mol. The Morgan fingerprint density at radius 3 is 2.23 bits per heavy atom. The lowest BCUT2D eigenvalue weighted by Crippen LogP contribution is -2.53. The third-order valence-electron chi connectivity index (χ3n) is 2.98. The Kier molecular flexibility index (Phi) is 6.32. The van der Waals surface area contributed by atoms with Crippen LogP contribution < -0.4 is 5.32 Å². The third-order valence-corrected chi connectivity index (χ3v) is 3.50. The van der Waals surface area contributed by atoms with Crippen LogP contribution in [0.4, 0.5) is 0 Å². The number of carbonyl (C=O) groups excluding carboxylic acids is 3. The number of halogens is 3. The van der Waals surface area contributed by atoms with Gasteiger partial charge in [-0.15, -0.1) is 0 Å². The molecule has 0 unspecified atom stereocenters. The molecule has 0 spiro atoms. The molecule has 1 aliphatic rings. The second-order valence-corrected chi connectivity index (χ2v) is 7.26. The van der Waals surface area contributed by atoms with E-state index >= 15 is 0 Å². The smallest absolute Gasteiger partial charge is 0.303 e. The Hall–Kier alpha value is -0.760. The van der Waals surface area contributed by atoms with Gasteiger partial charge in [-0.3, -0.25) is 14.4 Å². The predicted octanol–water partition coefficient (Wildman–Crippen LogP) is 1.13. The van der Waals surface area contributed by atoms with Gasteiger partial charge in [-0.1, -0.05) is 34.8 Å². The van der Waals surface area contributed by atoms with Crippen LogP contribution in [0.15, 0.2) is 0 Å². The van der Waals surface area contributed by atoms with Crippen LogP contribution >= 0.6 is 34.8 Å². The van der Waals surface area contributed by atoms with Gasteiger partial charge >= 0.3 is 11.9 Å². The van der Waals surface area contributed by atoms with E-state index in [4.69, 9.17) is 49.0 Å². The zero-order chi connectivity index (χ0) is 17.1. The van der Waals surface area contributed by atoms with E-state index in [0.29, 0.717) is 0 Å². The van der Waals surface area contributed by atoms with Crippen LogP contribution in [0.2, 0.25) is 0 Å². The summed E-state index contributed by atoms with van der Waals surface area (Å²) in [4.78, 5) is 33.9. The minimum absolute atomic E-state index is 0.0116. The van der Waals surface area contributed by atoms with Gasteiger partial charge in [-0.25, -0.2) is 0 Å². The highest BCUT2D eigenvalue weighted by atomic mass is 35.6. The molecule has 1 rings (SSSR count). The van der Waals surface area contributed by atoms with Crippen LogP contribution in [0.25, 0.3) is 0 Å². The molecule has 1 N–H and O–H groups in total. The number of hydrogen-bond acceptors (Lipinski definition) is 6. The van der Waals surface area contributed by atoms with Crippen molar-refractivity contribution in [1.29, 1.82) is 0 Å². The van der Waals surface area contributed by atoms with Crippen molar-refractivity contribution in [2.24, 2.45) is 0 Å². The van der Waals surface area contributed by atoms with Crippen LogP contribution in [0, 0.1) is 0 Å². The van der Waals surface area contributed by atoms with Crippen LogP contribution in [0.5, 0.6) is 0 Å². The molecule has 1 fully saturated rings. The molecular formula is C12H16Cl3NO6. The largest absolute Gasteiger partial charge is 0.456 e. The van der Waals surface area contributed by atoms with Crippen LogP contribution in [-0.2, 0) is 28.6 Å². The number of alkyl halides is 3. The van der Waals surface area contributed by atoms with Crippen molar-refractivity contribution >= 4 is 52.6 Å². The van der Waals surface area contributed by atoms with Crippen molar-refractivity contribution in [3.05, 3.63) is 0 Å². The van der Waals surface area contributed by atoms with Gasteiger partial charge in [-0.2, -0.15) is 0 Å². The second kappa shape index (κ2) is 7.21. The first-order chi connectivity index (χ1) is 9.95. The molecule has 22 heavy (non-hydrogen) atoms. The van der Waals surface area contributed by atoms with Gasteiger partial charge in [0.2, 0.25) is 0 Å². The summed E-state index contributed by atoms with van der Waals surface area (Å²) in [6, 6.07) is 0. The molecule has 10 heteroatoms. The maximum absolute atomic E-state index is 11.6. The van der Waals surface area contributed by atoms with Crippen molar-refractivity contribution in [3.8, 4) is 0 Å². The summed E-state index contributed by atoms with van der Waals surface area (Å²) < 4.78 is 13.6. The minimum atomic E-state index is -2.12. The Morgan fingerprint density at radius 1 is 1.23 bits per heavy atom. The van der Waals surface area contributed by atoms with Gasteiger partial charge in [0.15, 0.2) is 12.2 Å². The van der Waals surface area contributed by atoms with E-state index in [1.165, 1.54) is 13.8 Å². The molecule has 3 atom stereocenters. The first-order valence-electron chi connectivity index (χ1n) is 6.29. The standard InChI is InChI=1S/C12H16Cl3NO6/c1-6(17)21-8-4-20-11(3,9(8)22-7(2)18)5-16-10(19)12(13,14)15/h8-9H,4-5H2,1-3H3,(H,16,19)/t8-,9-,11-/m0/s1. The molecule has 1 amide bonds. The number of esters is 2. The molecule has 1 aliphatic heterocycles. The molecule has 126 valence electrons. The van der Waals surface area contributed by atoms with Crippen LogP contribution in [0.1, 0.15) is 20.8 Å². The Balaban J connectivity index is 2.82. The average Bonchev–Trinajstić information content (AvgIpc) is 2.63. The average molecular weight is 377 g/mol. The monoisotopic (exact) mass is 375 g/mol. The molecule has 0 aromatic carbocycles. The maximum atomic E-state index is 11.6. The number of amides is 1. The van der Waals surface area contributed by atoms with E-state index in [9.17, 15) is 14.4 Å². The van der Waals surface area contributed by atoms with E-state index in [0.717, 1.165) is 0 Å². The fourth-order valence-electron chi connectivity index (χ4n) is 2.03. The summed E-state index contributed by atoms with van der Waals surface area (Å²) in [6.45, 7) is 3.93. The molecule has 0 radical (unpaired) electrons. The quantitative estimate of drug-likeness (QED) is 0.584. The topological polar surface area (TPSA) is 90.9 Å². The summed E-state index contributed by atoms with van der Waals surface area (Å²) >= 11 is 16.4. The van der Waals surface area contributed by atoms with E-state index in [1.807, 2.05) is 0 Å². The molecule has 0 saturated carbocycles. The number of hydrogen-bond donors (Lipinski definition) is 1. The van der Waals surface area contributed by atoms with Crippen molar-refractivity contribution in [2.45, 2.75) is 42.4 Å². The number of ether oxygens (including phenoxy) is 3. The summed E-state index contributed by atoms with van der Waals surface area (Å²) in [5.74, 6) is -1.97. The van der Waals surface area contributed by atoms with Crippen molar-refractivity contribution in [1.82, 2.24) is 5.32 Å². The zero-order valence-electron chi connectivity index (χ0n) is 12.2. The molecule has 0 bridgehead atoms. The van der Waals surface area contributed by atoms with Gasteiger partial charge in [0.1, 0.15) is 5.60 Å². The van der Waals surface area contributed by atoms with Crippen LogP contribution in [-0.4, -0.2) is 52.6 Å². The van der Waals surface area contributed by atoms with Gasteiger partial charge in [0.25, 0.3) is 9.70 Å². The first kappa shape index (κ1) is 19.3. The summed E-state index contributed by atoms with van der Waals surface area (Å²) in [5, 5.41) is 2.39.